The largest absolute Gasteiger partial charge is 0.493 e. The second-order valence-corrected chi connectivity index (χ2v) is 7.58. The molecule has 0 saturated heterocycles. The average molecular weight is 417 g/mol. The quantitative estimate of drug-likeness (QED) is 0.582. The van der Waals surface area contributed by atoms with Crippen LogP contribution in [-0.2, 0) is 16.1 Å². The van der Waals surface area contributed by atoms with Gasteiger partial charge in [-0.2, -0.15) is 0 Å². The summed E-state index contributed by atoms with van der Waals surface area (Å²) in [5, 5.41) is 5.59. The summed E-state index contributed by atoms with van der Waals surface area (Å²) in [5.41, 5.74) is 3.23. The van der Waals surface area contributed by atoms with Crippen molar-refractivity contribution in [2.75, 3.05) is 26.0 Å². The number of benzene rings is 2. The van der Waals surface area contributed by atoms with Crippen LogP contribution in [0, 0.1) is 13.8 Å². The minimum atomic E-state index is -0.188. The van der Waals surface area contributed by atoms with E-state index in [0.29, 0.717) is 30.3 Å². The minimum absolute atomic E-state index is 0.0357. The van der Waals surface area contributed by atoms with E-state index in [1.165, 1.54) is 30.0 Å². The van der Waals surface area contributed by atoms with Crippen LogP contribution in [0.1, 0.15) is 23.6 Å². The van der Waals surface area contributed by atoms with E-state index in [9.17, 15) is 9.59 Å². The Morgan fingerprint density at radius 3 is 2.52 bits per heavy atom. The highest BCUT2D eigenvalue weighted by atomic mass is 32.2. The summed E-state index contributed by atoms with van der Waals surface area (Å²) in [5.74, 6) is 1.14. The van der Waals surface area contributed by atoms with Crippen molar-refractivity contribution in [3.05, 3.63) is 53.1 Å². The fraction of sp³-hybridized carbons (Fsp3) is 0.364. The summed E-state index contributed by atoms with van der Waals surface area (Å²) < 4.78 is 10.8. The average Bonchev–Trinajstić information content (AvgIpc) is 2.71. The summed E-state index contributed by atoms with van der Waals surface area (Å²) in [6, 6.07) is 11.6. The van der Waals surface area contributed by atoms with Gasteiger partial charge in [0.1, 0.15) is 0 Å². The highest BCUT2D eigenvalue weighted by Gasteiger charge is 2.10. The minimum Gasteiger partial charge on any atom is -0.493 e. The number of amides is 2. The lowest BCUT2D eigenvalue weighted by atomic mass is 10.2. The van der Waals surface area contributed by atoms with Crippen LogP contribution in [0.25, 0.3) is 0 Å². The lowest BCUT2D eigenvalue weighted by molar-refractivity contribution is -0.123. The van der Waals surface area contributed by atoms with E-state index >= 15 is 0 Å². The first-order chi connectivity index (χ1) is 13.9. The first-order valence-corrected chi connectivity index (χ1v) is 10.4. The van der Waals surface area contributed by atoms with Crippen LogP contribution < -0.4 is 20.1 Å². The number of hydrogen-bond donors (Lipinski definition) is 2. The number of rotatable bonds is 10. The summed E-state index contributed by atoms with van der Waals surface area (Å²) in [6.45, 7) is 6.80. The predicted molar refractivity (Wildman–Crippen MR) is 116 cm³/mol. The summed E-state index contributed by atoms with van der Waals surface area (Å²) >= 11 is 1.53. The maximum atomic E-state index is 12.2. The highest BCUT2D eigenvalue weighted by Crippen LogP contribution is 2.28. The van der Waals surface area contributed by atoms with Crippen molar-refractivity contribution < 1.29 is 19.1 Å². The number of thioether (sulfide) groups is 1. The molecular weight excluding hydrogens is 388 g/mol. The molecule has 0 saturated carbocycles. The topological polar surface area (TPSA) is 76.7 Å². The van der Waals surface area contributed by atoms with Crippen LogP contribution in [-0.4, -0.2) is 37.8 Å². The van der Waals surface area contributed by atoms with Gasteiger partial charge in [-0.25, -0.2) is 0 Å². The number of hydrogen-bond acceptors (Lipinski definition) is 5. The molecule has 0 aliphatic heterocycles. The van der Waals surface area contributed by atoms with Crippen LogP contribution in [0.5, 0.6) is 11.5 Å². The van der Waals surface area contributed by atoms with Gasteiger partial charge in [-0.3, -0.25) is 9.59 Å². The smallest absolute Gasteiger partial charge is 0.257 e. The van der Waals surface area contributed by atoms with Gasteiger partial charge in [-0.15, -0.1) is 11.8 Å². The molecule has 7 heteroatoms. The number of nitrogens with one attached hydrogen (secondary N) is 2. The van der Waals surface area contributed by atoms with Gasteiger partial charge in [0.05, 0.1) is 12.9 Å². The Kier molecular flexibility index (Phi) is 8.86. The molecule has 0 heterocycles. The Morgan fingerprint density at radius 1 is 1.00 bits per heavy atom. The standard InChI is InChI=1S/C22H28N2O4S/c1-5-23-21(25)13-28-18-9-8-17(11-19(18)27-4)12-24-22(26)14-29-20-10-15(2)6-7-16(20)3/h6-11H,5,12-14H2,1-4H3,(H,23,25)(H,24,26). The zero-order valence-electron chi connectivity index (χ0n) is 17.3. The first-order valence-electron chi connectivity index (χ1n) is 9.46. The molecule has 0 aliphatic rings. The lowest BCUT2D eigenvalue weighted by Crippen LogP contribution is -2.28. The van der Waals surface area contributed by atoms with E-state index in [0.717, 1.165) is 10.5 Å². The number of likely N-dealkylation sites (N-methyl/N-ethyl adjacent to an activating group) is 1. The molecule has 2 aromatic carbocycles. The van der Waals surface area contributed by atoms with E-state index in [2.05, 4.69) is 28.8 Å². The van der Waals surface area contributed by atoms with E-state index in [1.807, 2.05) is 26.8 Å². The Hall–Kier alpha value is -2.67. The Bertz CT molecular complexity index is 855. The molecule has 29 heavy (non-hydrogen) atoms. The normalized spacial score (nSPS) is 10.3. The van der Waals surface area contributed by atoms with Crippen molar-refractivity contribution in [2.45, 2.75) is 32.2 Å². The Morgan fingerprint density at radius 2 is 1.79 bits per heavy atom. The second-order valence-electron chi connectivity index (χ2n) is 6.56. The van der Waals surface area contributed by atoms with Crippen LogP contribution in [0.2, 0.25) is 0 Å². The molecule has 0 unspecified atom stereocenters. The van der Waals surface area contributed by atoms with Gasteiger partial charge in [0.15, 0.2) is 18.1 Å². The molecular formula is C22H28N2O4S. The van der Waals surface area contributed by atoms with E-state index in [-0.39, 0.29) is 18.4 Å². The van der Waals surface area contributed by atoms with Gasteiger partial charge in [-0.05, 0) is 50.1 Å². The van der Waals surface area contributed by atoms with E-state index < -0.39 is 0 Å². The monoisotopic (exact) mass is 416 g/mol. The maximum Gasteiger partial charge on any atom is 0.257 e. The summed E-state index contributed by atoms with van der Waals surface area (Å²) in [6.07, 6.45) is 0. The molecule has 2 amide bonds. The van der Waals surface area contributed by atoms with Gasteiger partial charge in [0.25, 0.3) is 5.91 Å². The van der Waals surface area contributed by atoms with Gasteiger partial charge in [-0.1, -0.05) is 23.8 Å². The van der Waals surface area contributed by atoms with Crippen molar-refractivity contribution in [3.63, 3.8) is 0 Å². The van der Waals surface area contributed by atoms with Gasteiger partial charge >= 0.3 is 0 Å². The fourth-order valence-electron chi connectivity index (χ4n) is 2.59. The van der Waals surface area contributed by atoms with E-state index in [1.54, 1.807) is 12.1 Å². The van der Waals surface area contributed by atoms with Crippen molar-refractivity contribution in [3.8, 4) is 11.5 Å². The SMILES string of the molecule is CCNC(=O)COc1ccc(CNC(=O)CSc2cc(C)ccc2C)cc1OC. The molecule has 2 aromatic rings. The van der Waals surface area contributed by atoms with Crippen LogP contribution in [0.4, 0.5) is 0 Å². The molecule has 2 rings (SSSR count). The van der Waals surface area contributed by atoms with Crippen molar-refractivity contribution in [1.29, 1.82) is 0 Å². The van der Waals surface area contributed by atoms with E-state index in [4.69, 9.17) is 9.47 Å². The molecule has 0 bridgehead atoms. The van der Waals surface area contributed by atoms with Crippen LogP contribution >= 0.6 is 11.8 Å². The Labute approximate surface area is 176 Å². The second kappa shape index (κ2) is 11.4. The number of methoxy groups -OCH3 is 1. The number of ether oxygens (including phenoxy) is 2. The fourth-order valence-corrected chi connectivity index (χ4v) is 3.54. The molecule has 0 atom stereocenters. The van der Waals surface area contributed by atoms with Crippen molar-refractivity contribution >= 4 is 23.6 Å². The lowest BCUT2D eigenvalue weighted by Gasteiger charge is -2.13. The number of carbonyl (C=O) groups excluding carboxylic acids is 2. The zero-order valence-corrected chi connectivity index (χ0v) is 18.2. The Balaban J connectivity index is 1.87. The first kappa shape index (κ1) is 22.6. The molecule has 156 valence electrons. The maximum absolute atomic E-state index is 12.2. The zero-order chi connectivity index (χ0) is 21.2. The molecule has 0 aliphatic carbocycles. The number of carbonyl (C=O) groups is 2. The van der Waals surface area contributed by atoms with Gasteiger partial charge in [0.2, 0.25) is 5.91 Å². The predicted octanol–water partition coefficient (Wildman–Crippen LogP) is 3.24. The molecule has 6 nitrogen and oxygen atoms in total. The van der Waals surface area contributed by atoms with Gasteiger partial charge in [0, 0.05) is 18.0 Å². The molecule has 0 aromatic heterocycles. The van der Waals surface area contributed by atoms with Crippen molar-refractivity contribution in [2.24, 2.45) is 0 Å². The molecule has 0 fully saturated rings. The molecule has 0 spiro atoms. The number of aryl methyl sites for hydroxylation is 2. The van der Waals surface area contributed by atoms with Gasteiger partial charge < -0.3 is 20.1 Å². The van der Waals surface area contributed by atoms with Crippen LogP contribution in [0.3, 0.4) is 0 Å². The third kappa shape index (κ3) is 7.34. The van der Waals surface area contributed by atoms with Crippen molar-refractivity contribution in [1.82, 2.24) is 10.6 Å². The third-order valence-electron chi connectivity index (χ3n) is 4.15. The molecule has 2 N–H and O–H groups in total. The summed E-state index contributed by atoms with van der Waals surface area (Å²) in [4.78, 5) is 24.9. The molecule has 0 radical (unpaired) electrons. The summed E-state index contributed by atoms with van der Waals surface area (Å²) in [7, 11) is 1.54. The highest BCUT2D eigenvalue weighted by molar-refractivity contribution is 8.00. The third-order valence-corrected chi connectivity index (χ3v) is 5.31. The van der Waals surface area contributed by atoms with Crippen LogP contribution in [0.15, 0.2) is 41.3 Å².